The molecule has 1 saturated carbocycles. The topological polar surface area (TPSA) is 147 Å². The van der Waals surface area contributed by atoms with E-state index < -0.39 is 41.2 Å². The third-order valence-electron chi connectivity index (χ3n) is 10.8. The molecule has 52 heavy (non-hydrogen) atoms. The van der Waals surface area contributed by atoms with Crippen LogP contribution in [0.15, 0.2) is 54.6 Å². The minimum atomic E-state index is -1.42. The Kier molecular flexibility index (Phi) is 10.9. The lowest BCUT2D eigenvalue weighted by molar-refractivity contribution is -0.145. The van der Waals surface area contributed by atoms with Crippen LogP contribution in [0.3, 0.4) is 0 Å². The second-order valence-electron chi connectivity index (χ2n) is 15.4. The van der Waals surface area contributed by atoms with Gasteiger partial charge in [-0.1, -0.05) is 55.3 Å². The molecule has 1 saturated heterocycles. The summed E-state index contributed by atoms with van der Waals surface area (Å²) in [6, 6.07) is 11.8. The van der Waals surface area contributed by atoms with Crippen LogP contribution in [0.5, 0.6) is 11.5 Å². The first-order valence-corrected chi connectivity index (χ1v) is 18.4. The fourth-order valence-electron chi connectivity index (χ4n) is 8.13. The summed E-state index contributed by atoms with van der Waals surface area (Å²) in [5, 5.41) is 16.0. The molecule has 5 unspecified atom stereocenters. The normalized spacial score (nSPS) is 28.9. The van der Waals surface area contributed by atoms with Crippen LogP contribution in [0.1, 0.15) is 88.4 Å². The maximum absolute atomic E-state index is 14.6. The van der Waals surface area contributed by atoms with Crippen LogP contribution < -0.4 is 20.1 Å². The number of ether oxygens (including phenoxy) is 3. The highest BCUT2D eigenvalue weighted by atomic mass is 16.6. The van der Waals surface area contributed by atoms with Crippen molar-refractivity contribution in [2.24, 2.45) is 5.92 Å². The standard InChI is InChI=1S/C40H52N4O8/c1-39(2,3)52-38(49)41-30-17-13-8-6-7-12-16-27-23-40(27,37(47)48)42-35(45)31-21-28(24-44(31)36(30)46)43-19-18-26-20-32(50-4)33(51-5)22-29(26)34(43)25-14-10-9-11-15-25/h9-12,14-16,20,22,27-28,30-31,34H,6-8,13,17-19,21,23-24H2,1-5H3,(H,41,49)(H,42,45)(H,47,48)/b16-12+/t27?,28-,30?,31?,34?,40?/m1/s1. The molecule has 3 heterocycles. The molecule has 2 fully saturated rings. The van der Waals surface area contributed by atoms with Gasteiger partial charge in [-0.2, -0.15) is 0 Å². The van der Waals surface area contributed by atoms with Crippen LogP contribution in [0, 0.1) is 5.92 Å². The van der Waals surface area contributed by atoms with Crippen LogP contribution in [0.4, 0.5) is 4.79 Å². The van der Waals surface area contributed by atoms with Crippen molar-refractivity contribution >= 4 is 23.9 Å². The van der Waals surface area contributed by atoms with Gasteiger partial charge in [0, 0.05) is 25.0 Å². The molecule has 6 atom stereocenters. The molecule has 0 aromatic heterocycles. The highest BCUT2D eigenvalue weighted by Crippen LogP contribution is 2.46. The number of allylic oxidation sites excluding steroid dienone is 1. The number of rotatable bonds is 6. The van der Waals surface area contributed by atoms with Crippen molar-refractivity contribution in [1.82, 2.24) is 20.4 Å². The molecule has 3 aliphatic heterocycles. The number of nitrogens with zero attached hydrogens (tertiary/aromatic N) is 2. The second kappa shape index (κ2) is 15.2. The molecule has 4 aliphatic rings. The Morgan fingerprint density at radius 1 is 1.02 bits per heavy atom. The fraction of sp³-hybridized carbons (Fsp3) is 0.550. The summed E-state index contributed by atoms with van der Waals surface area (Å²) in [4.78, 5) is 58.6. The Morgan fingerprint density at radius 3 is 2.44 bits per heavy atom. The molecule has 280 valence electrons. The Balaban J connectivity index is 1.37. The van der Waals surface area contributed by atoms with Crippen molar-refractivity contribution < 1.29 is 38.5 Å². The number of carbonyl (C=O) groups is 4. The van der Waals surface area contributed by atoms with Crippen molar-refractivity contribution in [3.8, 4) is 11.5 Å². The summed E-state index contributed by atoms with van der Waals surface area (Å²) in [5.41, 5.74) is 1.05. The first kappa shape index (κ1) is 37.2. The monoisotopic (exact) mass is 716 g/mol. The summed E-state index contributed by atoms with van der Waals surface area (Å²) < 4.78 is 16.9. The largest absolute Gasteiger partial charge is 0.493 e. The summed E-state index contributed by atoms with van der Waals surface area (Å²) in [6.07, 6.45) is 7.98. The van der Waals surface area contributed by atoms with E-state index in [1.54, 1.807) is 39.9 Å². The van der Waals surface area contributed by atoms with Crippen LogP contribution >= 0.6 is 0 Å². The molecule has 1 aliphatic carbocycles. The number of amides is 3. The SMILES string of the molecule is COc1cc2c(cc1OC)C(c1ccccc1)N([C@@H]1CC3C(=O)NC4(C(=O)O)CC4/C=C/CCCCCC(NC(=O)OC(C)(C)C)C(=O)N3C1)CC2. The van der Waals surface area contributed by atoms with Crippen LogP contribution in [-0.2, 0) is 25.5 Å². The quantitative estimate of drug-likeness (QED) is 0.352. The molecular weight excluding hydrogens is 664 g/mol. The van der Waals surface area contributed by atoms with Crippen LogP contribution in [-0.4, -0.2) is 95.4 Å². The number of carboxylic acids is 1. The van der Waals surface area contributed by atoms with E-state index in [2.05, 4.69) is 27.7 Å². The minimum Gasteiger partial charge on any atom is -0.493 e. The van der Waals surface area contributed by atoms with Gasteiger partial charge in [-0.25, -0.2) is 9.59 Å². The molecule has 12 heteroatoms. The molecule has 2 aromatic rings. The summed E-state index contributed by atoms with van der Waals surface area (Å²) in [6.45, 7) is 6.16. The van der Waals surface area contributed by atoms with Gasteiger partial charge in [0.1, 0.15) is 23.2 Å². The summed E-state index contributed by atoms with van der Waals surface area (Å²) in [7, 11) is 3.23. The van der Waals surface area contributed by atoms with E-state index in [0.29, 0.717) is 50.1 Å². The minimum absolute atomic E-state index is 0.217. The number of hydrogen-bond acceptors (Lipinski definition) is 8. The average Bonchev–Trinajstić information content (AvgIpc) is 3.63. The van der Waals surface area contributed by atoms with Crippen LogP contribution in [0.25, 0.3) is 0 Å². The van der Waals surface area contributed by atoms with Gasteiger partial charge in [0.25, 0.3) is 0 Å². The summed E-state index contributed by atoms with van der Waals surface area (Å²) >= 11 is 0. The number of hydrogen-bond donors (Lipinski definition) is 3. The molecule has 0 spiro atoms. The molecule has 6 rings (SSSR count). The molecule has 0 radical (unpaired) electrons. The fourth-order valence-corrected chi connectivity index (χ4v) is 8.13. The Morgan fingerprint density at radius 2 is 1.75 bits per heavy atom. The Bertz CT molecular complexity index is 1690. The predicted octanol–water partition coefficient (Wildman–Crippen LogP) is 4.99. The number of aliphatic carboxylic acids is 1. The lowest BCUT2D eigenvalue weighted by Crippen LogP contribution is -2.56. The number of methoxy groups -OCH3 is 2. The summed E-state index contributed by atoms with van der Waals surface area (Å²) in [5.74, 6) is -1.02. The average molecular weight is 717 g/mol. The lowest BCUT2D eigenvalue weighted by Gasteiger charge is -2.41. The van der Waals surface area contributed by atoms with Gasteiger partial charge >= 0.3 is 12.1 Å². The maximum Gasteiger partial charge on any atom is 0.408 e. The van der Waals surface area contributed by atoms with Crippen molar-refractivity contribution in [3.05, 3.63) is 71.3 Å². The number of carboxylic acid groups (broad SMARTS) is 1. The van der Waals surface area contributed by atoms with E-state index >= 15 is 0 Å². The van der Waals surface area contributed by atoms with E-state index in [4.69, 9.17) is 14.2 Å². The smallest absolute Gasteiger partial charge is 0.408 e. The first-order chi connectivity index (χ1) is 24.8. The molecule has 12 nitrogen and oxygen atoms in total. The highest BCUT2D eigenvalue weighted by molar-refractivity contribution is 5.96. The van der Waals surface area contributed by atoms with Gasteiger partial charge < -0.3 is 34.9 Å². The van der Waals surface area contributed by atoms with E-state index in [-0.39, 0.29) is 30.5 Å². The molecule has 2 aromatic carbocycles. The van der Waals surface area contributed by atoms with Gasteiger partial charge in [-0.3, -0.25) is 14.5 Å². The zero-order valence-corrected chi connectivity index (χ0v) is 30.9. The second-order valence-corrected chi connectivity index (χ2v) is 15.4. The number of fused-ring (bicyclic) bond motifs is 3. The van der Waals surface area contributed by atoms with Gasteiger partial charge in [-0.05, 0) is 88.1 Å². The van der Waals surface area contributed by atoms with Crippen molar-refractivity contribution in [3.63, 3.8) is 0 Å². The first-order valence-electron chi connectivity index (χ1n) is 18.4. The zero-order chi connectivity index (χ0) is 37.2. The molecule has 3 amide bonds. The van der Waals surface area contributed by atoms with E-state index in [0.717, 1.165) is 36.0 Å². The van der Waals surface area contributed by atoms with Crippen LogP contribution in [0.2, 0.25) is 0 Å². The molecule has 0 bridgehead atoms. The van der Waals surface area contributed by atoms with E-state index in [1.165, 1.54) is 0 Å². The van der Waals surface area contributed by atoms with E-state index in [9.17, 15) is 24.3 Å². The zero-order valence-electron chi connectivity index (χ0n) is 30.9. The van der Waals surface area contributed by atoms with Crippen molar-refractivity contribution in [2.75, 3.05) is 27.3 Å². The highest BCUT2D eigenvalue weighted by Gasteiger charge is 2.61. The molecular formula is C40H52N4O8. The third-order valence-corrected chi connectivity index (χ3v) is 10.8. The third kappa shape index (κ3) is 7.77. The Hall–Kier alpha value is -4.58. The number of benzene rings is 2. The van der Waals surface area contributed by atoms with Gasteiger partial charge in [0.05, 0.1) is 20.3 Å². The van der Waals surface area contributed by atoms with Gasteiger partial charge in [0.2, 0.25) is 11.8 Å². The molecule has 3 N–H and O–H groups in total. The Labute approximate surface area is 305 Å². The number of alkyl carbamates (subject to hydrolysis) is 1. The van der Waals surface area contributed by atoms with Gasteiger partial charge in [-0.15, -0.1) is 0 Å². The number of carbonyl (C=O) groups excluding carboxylic acids is 3. The predicted molar refractivity (Wildman–Crippen MR) is 194 cm³/mol. The van der Waals surface area contributed by atoms with Gasteiger partial charge in [0.15, 0.2) is 11.5 Å². The van der Waals surface area contributed by atoms with Crippen molar-refractivity contribution in [1.29, 1.82) is 0 Å². The van der Waals surface area contributed by atoms with E-state index in [1.807, 2.05) is 42.5 Å². The lowest BCUT2D eigenvalue weighted by atomic mass is 9.86. The number of nitrogens with one attached hydrogen (secondary N) is 2. The maximum atomic E-state index is 14.6. The van der Waals surface area contributed by atoms with Crippen molar-refractivity contribution in [2.45, 2.75) is 107 Å².